The van der Waals surface area contributed by atoms with Gasteiger partial charge in [-0.25, -0.2) is 5.43 Å². The van der Waals surface area contributed by atoms with E-state index in [-0.39, 0.29) is 5.75 Å². The maximum Gasteiger partial charge on any atom is 0.329 e. The molecule has 2 rings (SSSR count). The van der Waals surface area contributed by atoms with E-state index in [1.807, 2.05) is 6.92 Å². The normalized spacial score (nSPS) is 10.4. The first-order valence-electron chi connectivity index (χ1n) is 8.78. The Morgan fingerprint density at radius 2 is 1.76 bits per heavy atom. The standard InChI is InChI=1S/C20H21N3O6/c1-2-11-28-16-9-7-15(8-10-16)22-19(26)20(27)23-21-12-14-5-3-4-6-17(14)29-13-18(24)25/h3-10,12H,2,11,13H2,1H3,(H,22,26)(H,23,27)(H,24,25)/p-1/b21-12-. The maximum atomic E-state index is 11.9. The summed E-state index contributed by atoms with van der Waals surface area (Å²) < 4.78 is 10.5. The first-order chi connectivity index (χ1) is 14.0. The van der Waals surface area contributed by atoms with Crippen molar-refractivity contribution in [2.24, 2.45) is 5.10 Å². The second-order valence-corrected chi connectivity index (χ2v) is 5.72. The third kappa shape index (κ3) is 7.33. The lowest BCUT2D eigenvalue weighted by Crippen LogP contribution is -2.32. The van der Waals surface area contributed by atoms with Crippen LogP contribution in [0.15, 0.2) is 53.6 Å². The van der Waals surface area contributed by atoms with Crippen LogP contribution in [0.2, 0.25) is 0 Å². The number of anilines is 1. The van der Waals surface area contributed by atoms with E-state index < -0.39 is 24.4 Å². The highest BCUT2D eigenvalue weighted by Gasteiger charge is 2.13. The summed E-state index contributed by atoms with van der Waals surface area (Å²) in [7, 11) is 0. The molecule has 0 unspecified atom stereocenters. The molecule has 0 radical (unpaired) electrons. The highest BCUT2D eigenvalue weighted by molar-refractivity contribution is 6.39. The molecule has 2 N–H and O–H groups in total. The lowest BCUT2D eigenvalue weighted by Gasteiger charge is -2.09. The van der Waals surface area contributed by atoms with E-state index in [9.17, 15) is 19.5 Å². The van der Waals surface area contributed by atoms with Crippen molar-refractivity contribution in [3.63, 3.8) is 0 Å². The molecule has 0 aromatic heterocycles. The number of carbonyl (C=O) groups excluding carboxylic acids is 3. The highest BCUT2D eigenvalue weighted by Crippen LogP contribution is 2.16. The van der Waals surface area contributed by atoms with Gasteiger partial charge in [0.05, 0.1) is 18.8 Å². The second kappa shape index (κ2) is 11.1. The Morgan fingerprint density at radius 1 is 1.03 bits per heavy atom. The Balaban J connectivity index is 1.88. The number of hydrogen-bond acceptors (Lipinski definition) is 7. The van der Waals surface area contributed by atoms with Crippen LogP contribution in [0.4, 0.5) is 5.69 Å². The van der Waals surface area contributed by atoms with E-state index in [1.54, 1.807) is 42.5 Å². The van der Waals surface area contributed by atoms with E-state index in [0.29, 0.717) is 23.6 Å². The van der Waals surface area contributed by atoms with Crippen LogP contribution in [0.3, 0.4) is 0 Å². The molecule has 0 atom stereocenters. The van der Waals surface area contributed by atoms with Crippen LogP contribution in [0.1, 0.15) is 18.9 Å². The summed E-state index contributed by atoms with van der Waals surface area (Å²) in [6.07, 6.45) is 2.11. The first kappa shape index (κ1) is 21.4. The zero-order valence-corrected chi connectivity index (χ0v) is 15.7. The lowest BCUT2D eigenvalue weighted by atomic mass is 10.2. The number of ether oxygens (including phenoxy) is 2. The molecule has 0 aliphatic rings. The Bertz CT molecular complexity index is 880. The Labute approximate surface area is 167 Å². The number of hydrazone groups is 1. The van der Waals surface area contributed by atoms with Gasteiger partial charge in [0.1, 0.15) is 18.1 Å². The minimum absolute atomic E-state index is 0.240. The van der Waals surface area contributed by atoms with Gasteiger partial charge < -0.3 is 24.7 Å². The monoisotopic (exact) mass is 398 g/mol. The number of nitrogens with one attached hydrogen (secondary N) is 2. The number of amides is 2. The van der Waals surface area contributed by atoms with Crippen LogP contribution < -0.4 is 25.3 Å². The van der Waals surface area contributed by atoms with E-state index in [0.717, 1.165) is 6.42 Å². The number of hydrogen-bond donors (Lipinski definition) is 2. The van der Waals surface area contributed by atoms with Crippen LogP contribution in [0.5, 0.6) is 11.5 Å². The topological polar surface area (TPSA) is 129 Å². The third-order valence-electron chi connectivity index (χ3n) is 3.43. The van der Waals surface area contributed by atoms with Crippen LogP contribution in [0, 0.1) is 0 Å². The summed E-state index contributed by atoms with van der Waals surface area (Å²) in [5, 5.41) is 16.6. The van der Waals surface area contributed by atoms with E-state index >= 15 is 0 Å². The summed E-state index contributed by atoms with van der Waals surface area (Å²) in [4.78, 5) is 34.3. The van der Waals surface area contributed by atoms with Crippen molar-refractivity contribution in [1.82, 2.24) is 5.43 Å². The molecule has 0 saturated carbocycles. The summed E-state index contributed by atoms with van der Waals surface area (Å²) in [5.41, 5.74) is 2.94. The summed E-state index contributed by atoms with van der Waals surface area (Å²) >= 11 is 0. The Kier molecular flexibility index (Phi) is 8.18. The third-order valence-corrected chi connectivity index (χ3v) is 3.43. The van der Waals surface area contributed by atoms with E-state index in [2.05, 4.69) is 15.8 Å². The van der Waals surface area contributed by atoms with Gasteiger partial charge in [-0.3, -0.25) is 9.59 Å². The molecule has 9 nitrogen and oxygen atoms in total. The van der Waals surface area contributed by atoms with Gasteiger partial charge in [0.15, 0.2) is 0 Å². The van der Waals surface area contributed by atoms with Crippen molar-refractivity contribution in [2.45, 2.75) is 13.3 Å². The van der Waals surface area contributed by atoms with Gasteiger partial charge in [0.2, 0.25) is 0 Å². The summed E-state index contributed by atoms with van der Waals surface area (Å²) in [5.74, 6) is -2.33. The fourth-order valence-corrected chi connectivity index (χ4v) is 2.11. The molecule has 0 saturated heterocycles. The zero-order chi connectivity index (χ0) is 21.1. The molecule has 2 aromatic carbocycles. The van der Waals surface area contributed by atoms with Crippen LogP contribution in [0.25, 0.3) is 0 Å². The van der Waals surface area contributed by atoms with Gasteiger partial charge in [0, 0.05) is 11.3 Å². The minimum atomic E-state index is -1.37. The van der Waals surface area contributed by atoms with E-state index in [1.165, 1.54) is 12.3 Å². The fourth-order valence-electron chi connectivity index (χ4n) is 2.11. The number of rotatable bonds is 9. The molecule has 9 heteroatoms. The maximum absolute atomic E-state index is 11.9. The molecule has 0 heterocycles. The van der Waals surface area contributed by atoms with Gasteiger partial charge in [-0.2, -0.15) is 5.10 Å². The first-order valence-corrected chi connectivity index (χ1v) is 8.78. The number of aliphatic carboxylic acids is 1. The molecule has 0 fully saturated rings. The van der Waals surface area contributed by atoms with Crippen molar-refractivity contribution in [1.29, 1.82) is 0 Å². The van der Waals surface area contributed by atoms with Gasteiger partial charge in [-0.05, 0) is 42.8 Å². The van der Waals surface area contributed by atoms with Crippen molar-refractivity contribution in [2.75, 3.05) is 18.5 Å². The predicted molar refractivity (Wildman–Crippen MR) is 104 cm³/mol. The predicted octanol–water partition coefficient (Wildman–Crippen LogP) is 0.693. The molecule has 2 aromatic rings. The average molecular weight is 398 g/mol. The molecule has 0 aliphatic carbocycles. The fraction of sp³-hybridized carbons (Fsp3) is 0.200. The molecule has 0 bridgehead atoms. The number of carboxylic acids is 1. The summed E-state index contributed by atoms with van der Waals surface area (Å²) in [6.45, 7) is 1.96. The molecule has 0 aliphatic heterocycles. The van der Waals surface area contributed by atoms with E-state index in [4.69, 9.17) is 9.47 Å². The highest BCUT2D eigenvalue weighted by atomic mass is 16.5. The number of carboxylic acid groups (broad SMARTS) is 1. The van der Waals surface area contributed by atoms with Gasteiger partial charge in [0.25, 0.3) is 0 Å². The summed E-state index contributed by atoms with van der Waals surface area (Å²) in [6, 6.07) is 13.1. The molecule has 29 heavy (non-hydrogen) atoms. The van der Waals surface area contributed by atoms with Crippen molar-refractivity contribution >= 4 is 29.7 Å². The number of carbonyl (C=O) groups is 3. The van der Waals surface area contributed by atoms with Crippen LogP contribution in [-0.2, 0) is 14.4 Å². The number of para-hydroxylation sites is 1. The second-order valence-electron chi connectivity index (χ2n) is 5.72. The quantitative estimate of drug-likeness (QED) is 0.363. The Morgan fingerprint density at radius 3 is 2.45 bits per heavy atom. The number of benzene rings is 2. The molecular formula is C20H20N3O6-. The molecule has 2 amide bonds. The van der Waals surface area contributed by atoms with Crippen molar-refractivity contribution < 1.29 is 29.0 Å². The molecule has 0 spiro atoms. The van der Waals surface area contributed by atoms with Crippen molar-refractivity contribution in [3.8, 4) is 11.5 Å². The molecular weight excluding hydrogens is 378 g/mol. The van der Waals surface area contributed by atoms with Gasteiger partial charge in [-0.15, -0.1) is 0 Å². The Hall–Kier alpha value is -3.88. The average Bonchev–Trinajstić information content (AvgIpc) is 2.72. The largest absolute Gasteiger partial charge is 0.546 e. The minimum Gasteiger partial charge on any atom is -0.546 e. The van der Waals surface area contributed by atoms with Gasteiger partial charge >= 0.3 is 11.8 Å². The van der Waals surface area contributed by atoms with Crippen LogP contribution in [-0.4, -0.2) is 37.2 Å². The SMILES string of the molecule is CCCOc1ccc(NC(=O)C(=O)N/N=C\c2ccccc2OCC(=O)[O-])cc1. The van der Waals surface area contributed by atoms with Gasteiger partial charge in [-0.1, -0.05) is 19.1 Å². The smallest absolute Gasteiger partial charge is 0.329 e. The van der Waals surface area contributed by atoms with Crippen molar-refractivity contribution in [3.05, 3.63) is 54.1 Å². The van der Waals surface area contributed by atoms with Crippen LogP contribution >= 0.6 is 0 Å². The zero-order valence-electron chi connectivity index (χ0n) is 15.7. The number of nitrogens with zero attached hydrogens (tertiary/aromatic N) is 1. The lowest BCUT2D eigenvalue weighted by molar-refractivity contribution is -0.307. The molecule has 152 valence electrons.